The summed E-state index contributed by atoms with van der Waals surface area (Å²) >= 11 is 0. The van der Waals surface area contributed by atoms with Gasteiger partial charge in [0.2, 0.25) is 11.8 Å². The molecule has 1 saturated heterocycles. The highest BCUT2D eigenvalue weighted by molar-refractivity contribution is 5.88. The van der Waals surface area contributed by atoms with Crippen molar-refractivity contribution in [2.75, 3.05) is 26.3 Å². The summed E-state index contributed by atoms with van der Waals surface area (Å²) in [5.74, 6) is -0.412. The first-order valence-electron chi connectivity index (χ1n) is 5.89. The first-order valence-corrected chi connectivity index (χ1v) is 5.89. The fourth-order valence-corrected chi connectivity index (χ4v) is 1.61. The van der Waals surface area contributed by atoms with Crippen LogP contribution in [0.25, 0.3) is 0 Å². The first kappa shape index (κ1) is 13.9. The third-order valence-corrected chi connectivity index (χ3v) is 3.02. The highest BCUT2D eigenvalue weighted by Crippen LogP contribution is 2.26. The van der Waals surface area contributed by atoms with Gasteiger partial charge < -0.3 is 21.1 Å². The van der Waals surface area contributed by atoms with E-state index in [2.05, 4.69) is 10.6 Å². The standard InChI is InChI=1S/C11H21N3O3/c1-3-4-13-9(15)5-14-10(16)11(2)7-17-6-8(11)12/h8H,3-7,12H2,1-2H3,(H,13,15)(H,14,16). The topological polar surface area (TPSA) is 93.5 Å². The SMILES string of the molecule is CCCNC(=O)CNC(=O)C1(C)COCC1N. The fraction of sp³-hybridized carbons (Fsp3) is 0.818. The van der Waals surface area contributed by atoms with E-state index in [0.29, 0.717) is 19.8 Å². The van der Waals surface area contributed by atoms with Crippen LogP contribution in [-0.2, 0) is 14.3 Å². The summed E-state index contributed by atoms with van der Waals surface area (Å²) < 4.78 is 5.18. The molecule has 2 amide bonds. The summed E-state index contributed by atoms with van der Waals surface area (Å²) in [6, 6.07) is -0.318. The number of hydrogen-bond acceptors (Lipinski definition) is 4. The van der Waals surface area contributed by atoms with Gasteiger partial charge >= 0.3 is 0 Å². The molecule has 0 aliphatic carbocycles. The van der Waals surface area contributed by atoms with Gasteiger partial charge in [0.25, 0.3) is 0 Å². The van der Waals surface area contributed by atoms with Crippen LogP contribution in [0.4, 0.5) is 0 Å². The maximum atomic E-state index is 11.9. The molecule has 4 N–H and O–H groups in total. The summed E-state index contributed by atoms with van der Waals surface area (Å²) in [6.45, 7) is 5.01. The molecule has 0 aromatic heterocycles. The zero-order valence-electron chi connectivity index (χ0n) is 10.4. The Bertz CT molecular complexity index is 296. The normalized spacial score (nSPS) is 27.8. The van der Waals surface area contributed by atoms with Gasteiger partial charge in [0, 0.05) is 12.6 Å². The molecule has 0 spiro atoms. The molecule has 2 unspecified atom stereocenters. The van der Waals surface area contributed by atoms with Crippen molar-refractivity contribution in [1.29, 1.82) is 0 Å². The zero-order valence-corrected chi connectivity index (χ0v) is 10.4. The van der Waals surface area contributed by atoms with Gasteiger partial charge in [-0.15, -0.1) is 0 Å². The Balaban J connectivity index is 2.37. The molecule has 1 heterocycles. The maximum absolute atomic E-state index is 11.9. The number of hydrogen-bond donors (Lipinski definition) is 3. The minimum atomic E-state index is -0.731. The Labute approximate surface area is 101 Å². The summed E-state index contributed by atoms with van der Waals surface area (Å²) in [5.41, 5.74) is 5.08. The van der Waals surface area contributed by atoms with E-state index in [1.807, 2.05) is 6.92 Å². The fourth-order valence-electron chi connectivity index (χ4n) is 1.61. The summed E-state index contributed by atoms with van der Waals surface area (Å²) in [4.78, 5) is 23.2. The molecule has 0 radical (unpaired) electrons. The average Bonchev–Trinajstić information content (AvgIpc) is 2.65. The number of amides is 2. The van der Waals surface area contributed by atoms with Crippen LogP contribution in [0.3, 0.4) is 0 Å². The van der Waals surface area contributed by atoms with Crippen LogP contribution < -0.4 is 16.4 Å². The molecule has 0 aromatic rings. The monoisotopic (exact) mass is 243 g/mol. The molecular weight excluding hydrogens is 222 g/mol. The quantitative estimate of drug-likeness (QED) is 0.577. The van der Waals surface area contributed by atoms with Crippen LogP contribution in [0.2, 0.25) is 0 Å². The molecule has 6 nitrogen and oxygen atoms in total. The molecule has 1 fully saturated rings. The second-order valence-corrected chi connectivity index (χ2v) is 4.57. The highest BCUT2D eigenvalue weighted by Gasteiger charge is 2.44. The number of nitrogens with one attached hydrogen (secondary N) is 2. The lowest BCUT2D eigenvalue weighted by molar-refractivity contribution is -0.133. The van der Waals surface area contributed by atoms with E-state index in [1.54, 1.807) is 6.92 Å². The molecule has 1 rings (SSSR count). The second-order valence-electron chi connectivity index (χ2n) is 4.57. The van der Waals surface area contributed by atoms with Gasteiger partial charge in [0.15, 0.2) is 0 Å². The van der Waals surface area contributed by atoms with Gasteiger partial charge in [-0.2, -0.15) is 0 Å². The minimum absolute atomic E-state index is 0.0128. The average molecular weight is 243 g/mol. The minimum Gasteiger partial charge on any atom is -0.379 e. The van der Waals surface area contributed by atoms with Crippen LogP contribution in [0.5, 0.6) is 0 Å². The predicted molar refractivity (Wildman–Crippen MR) is 63.2 cm³/mol. The highest BCUT2D eigenvalue weighted by atomic mass is 16.5. The number of rotatable bonds is 5. The van der Waals surface area contributed by atoms with Crippen molar-refractivity contribution >= 4 is 11.8 Å². The predicted octanol–water partition coefficient (Wildman–Crippen LogP) is -1.01. The lowest BCUT2D eigenvalue weighted by atomic mass is 9.85. The van der Waals surface area contributed by atoms with E-state index in [1.165, 1.54) is 0 Å². The largest absolute Gasteiger partial charge is 0.379 e. The summed E-state index contributed by atoms with van der Waals surface area (Å²) in [5, 5.41) is 5.28. The Hall–Kier alpha value is -1.14. The molecule has 17 heavy (non-hydrogen) atoms. The summed E-state index contributed by atoms with van der Waals surface area (Å²) in [7, 11) is 0. The van der Waals surface area contributed by atoms with Gasteiger partial charge in [-0.1, -0.05) is 6.92 Å². The van der Waals surface area contributed by atoms with Gasteiger partial charge in [-0.3, -0.25) is 9.59 Å². The molecular formula is C11H21N3O3. The molecule has 98 valence electrons. The molecule has 0 aromatic carbocycles. The van der Waals surface area contributed by atoms with Crippen molar-refractivity contribution in [3.8, 4) is 0 Å². The van der Waals surface area contributed by atoms with Crippen molar-refractivity contribution in [2.24, 2.45) is 11.1 Å². The van der Waals surface area contributed by atoms with Gasteiger partial charge in [0.1, 0.15) is 0 Å². The third-order valence-electron chi connectivity index (χ3n) is 3.02. The second kappa shape index (κ2) is 5.97. The van der Waals surface area contributed by atoms with Crippen LogP contribution in [0.1, 0.15) is 20.3 Å². The van der Waals surface area contributed by atoms with Crippen molar-refractivity contribution in [2.45, 2.75) is 26.3 Å². The van der Waals surface area contributed by atoms with E-state index < -0.39 is 5.41 Å². The molecule has 1 aliphatic heterocycles. The smallest absolute Gasteiger partial charge is 0.239 e. The first-order chi connectivity index (χ1) is 8.00. The van der Waals surface area contributed by atoms with Crippen LogP contribution in [0, 0.1) is 5.41 Å². The van der Waals surface area contributed by atoms with E-state index in [4.69, 9.17) is 10.5 Å². The van der Waals surface area contributed by atoms with Crippen molar-refractivity contribution in [3.05, 3.63) is 0 Å². The molecule has 0 bridgehead atoms. The zero-order chi connectivity index (χ0) is 12.9. The Morgan fingerprint density at radius 2 is 2.18 bits per heavy atom. The molecule has 0 saturated carbocycles. The van der Waals surface area contributed by atoms with Crippen molar-refractivity contribution < 1.29 is 14.3 Å². The molecule has 1 aliphatic rings. The Morgan fingerprint density at radius 1 is 1.47 bits per heavy atom. The number of ether oxygens (including phenoxy) is 1. The third kappa shape index (κ3) is 3.41. The number of carbonyl (C=O) groups is 2. The molecule has 6 heteroatoms. The lowest BCUT2D eigenvalue weighted by Crippen LogP contribution is -2.51. The van der Waals surface area contributed by atoms with E-state index >= 15 is 0 Å². The maximum Gasteiger partial charge on any atom is 0.239 e. The van der Waals surface area contributed by atoms with Crippen molar-refractivity contribution in [1.82, 2.24) is 10.6 Å². The number of nitrogens with two attached hydrogens (primary N) is 1. The van der Waals surface area contributed by atoms with Crippen LogP contribution in [-0.4, -0.2) is 44.2 Å². The van der Waals surface area contributed by atoms with E-state index in [9.17, 15) is 9.59 Å². The number of carbonyl (C=O) groups excluding carboxylic acids is 2. The van der Waals surface area contributed by atoms with Crippen LogP contribution >= 0.6 is 0 Å². The van der Waals surface area contributed by atoms with Gasteiger partial charge in [-0.25, -0.2) is 0 Å². The Kier molecular flexibility index (Phi) is 4.89. The molecule has 2 atom stereocenters. The van der Waals surface area contributed by atoms with Gasteiger partial charge in [-0.05, 0) is 13.3 Å². The van der Waals surface area contributed by atoms with E-state index in [-0.39, 0.29) is 24.4 Å². The van der Waals surface area contributed by atoms with Crippen molar-refractivity contribution in [3.63, 3.8) is 0 Å². The van der Waals surface area contributed by atoms with Gasteiger partial charge in [0.05, 0.1) is 25.2 Å². The summed E-state index contributed by atoms with van der Waals surface area (Å²) in [6.07, 6.45) is 0.871. The van der Waals surface area contributed by atoms with E-state index in [0.717, 1.165) is 6.42 Å². The Morgan fingerprint density at radius 3 is 2.71 bits per heavy atom. The lowest BCUT2D eigenvalue weighted by Gasteiger charge is -2.25. The van der Waals surface area contributed by atoms with Crippen LogP contribution in [0.15, 0.2) is 0 Å².